The van der Waals surface area contributed by atoms with Gasteiger partial charge in [0.15, 0.2) is 5.13 Å². The van der Waals surface area contributed by atoms with Gasteiger partial charge in [-0.3, -0.25) is 10.1 Å². The van der Waals surface area contributed by atoms with E-state index in [1.807, 2.05) is 24.4 Å². The minimum Gasteiger partial charge on any atom is -0.295 e. The van der Waals surface area contributed by atoms with Crippen LogP contribution in [-0.4, -0.2) is 30.5 Å². The number of nitrogens with one attached hydrogen (secondary N) is 1. The van der Waals surface area contributed by atoms with Crippen LogP contribution in [-0.2, 0) is 0 Å². The van der Waals surface area contributed by atoms with E-state index in [0.29, 0.717) is 16.8 Å². The van der Waals surface area contributed by atoms with Crippen molar-refractivity contribution in [3.63, 3.8) is 0 Å². The van der Waals surface area contributed by atoms with Crippen LogP contribution in [0.3, 0.4) is 0 Å². The third kappa shape index (κ3) is 3.43. The molecule has 0 radical (unpaired) electrons. The van der Waals surface area contributed by atoms with Crippen molar-refractivity contribution in [2.75, 3.05) is 5.32 Å². The summed E-state index contributed by atoms with van der Waals surface area (Å²) in [5, 5.41) is 9.39. The summed E-state index contributed by atoms with van der Waals surface area (Å²) in [6, 6.07) is 10.1. The zero-order valence-electron chi connectivity index (χ0n) is 15.2. The molecule has 0 saturated carbocycles. The largest absolute Gasteiger partial charge is 0.297 e. The number of anilines is 1. The summed E-state index contributed by atoms with van der Waals surface area (Å²) in [7, 11) is 0. The van der Waals surface area contributed by atoms with E-state index in [9.17, 15) is 4.79 Å². The average molecular weight is 378 g/mol. The first-order valence-corrected chi connectivity index (χ1v) is 9.45. The molecule has 7 nitrogen and oxygen atoms in total. The van der Waals surface area contributed by atoms with Gasteiger partial charge >= 0.3 is 0 Å². The average Bonchev–Trinajstić information content (AvgIpc) is 3.29. The maximum Gasteiger partial charge on any atom is 0.297 e. The van der Waals surface area contributed by atoms with E-state index >= 15 is 0 Å². The molecule has 0 unspecified atom stereocenters. The van der Waals surface area contributed by atoms with Crippen LogP contribution in [0.5, 0.6) is 0 Å². The molecule has 0 aliphatic heterocycles. The predicted octanol–water partition coefficient (Wildman–Crippen LogP) is 3.93. The van der Waals surface area contributed by atoms with Gasteiger partial charge in [-0.1, -0.05) is 38.1 Å². The van der Waals surface area contributed by atoms with Crippen LogP contribution in [0.15, 0.2) is 41.9 Å². The minimum atomic E-state index is -0.407. The zero-order valence-corrected chi connectivity index (χ0v) is 16.0. The first-order chi connectivity index (χ1) is 13.0. The summed E-state index contributed by atoms with van der Waals surface area (Å²) in [4.78, 5) is 25.2. The van der Waals surface area contributed by atoms with Crippen molar-refractivity contribution in [1.29, 1.82) is 0 Å². The number of hydrogen-bond acceptors (Lipinski definition) is 6. The lowest BCUT2D eigenvalue weighted by Gasteiger charge is -2.05. The van der Waals surface area contributed by atoms with Crippen molar-refractivity contribution in [1.82, 2.24) is 24.6 Å². The summed E-state index contributed by atoms with van der Waals surface area (Å²) in [6.07, 6.45) is 1.64. The van der Waals surface area contributed by atoms with Crippen LogP contribution in [0.25, 0.3) is 17.0 Å². The number of carbonyl (C=O) groups is 1. The van der Waals surface area contributed by atoms with Gasteiger partial charge in [0.1, 0.15) is 0 Å². The van der Waals surface area contributed by atoms with E-state index in [2.05, 4.69) is 51.3 Å². The number of amides is 1. The first kappa shape index (κ1) is 17.3. The highest BCUT2D eigenvalue weighted by Gasteiger charge is 2.16. The molecule has 0 aliphatic carbocycles. The van der Waals surface area contributed by atoms with E-state index < -0.39 is 5.91 Å². The fourth-order valence-electron chi connectivity index (χ4n) is 2.66. The van der Waals surface area contributed by atoms with Gasteiger partial charge in [-0.05, 0) is 24.5 Å². The Kier molecular flexibility index (Phi) is 4.41. The van der Waals surface area contributed by atoms with Crippen molar-refractivity contribution in [3.8, 4) is 11.3 Å². The van der Waals surface area contributed by atoms with Crippen LogP contribution < -0.4 is 5.32 Å². The molecular weight excluding hydrogens is 360 g/mol. The molecule has 0 fully saturated rings. The van der Waals surface area contributed by atoms with Crippen LogP contribution in [0.4, 0.5) is 5.13 Å². The standard InChI is InChI=1S/C19H18N6OS/c1-11(2)13-4-6-14(7-5-13)15-10-27-19(21-15)23-17(26)16-22-18-20-9-8-12(3)25(18)24-16/h4-11H,1-3H3,(H,21,23,26). The SMILES string of the molecule is Cc1ccnc2nc(C(=O)Nc3nc(-c4ccc(C(C)C)cc4)cs3)nn12. The molecule has 0 spiro atoms. The van der Waals surface area contributed by atoms with Crippen molar-refractivity contribution in [2.24, 2.45) is 0 Å². The Labute approximate surface area is 160 Å². The maximum absolute atomic E-state index is 12.4. The van der Waals surface area contributed by atoms with Crippen molar-refractivity contribution in [3.05, 3.63) is 59.0 Å². The van der Waals surface area contributed by atoms with Crippen LogP contribution in [0.1, 0.15) is 41.6 Å². The van der Waals surface area contributed by atoms with Gasteiger partial charge in [-0.25, -0.2) is 14.5 Å². The molecule has 0 saturated heterocycles. The van der Waals surface area contributed by atoms with Crippen molar-refractivity contribution >= 4 is 28.2 Å². The van der Waals surface area contributed by atoms with E-state index in [4.69, 9.17) is 0 Å². The Morgan fingerprint density at radius 1 is 1.15 bits per heavy atom. The monoisotopic (exact) mass is 378 g/mol. The third-order valence-corrected chi connectivity index (χ3v) is 4.99. The lowest BCUT2D eigenvalue weighted by molar-refractivity contribution is 0.101. The van der Waals surface area contributed by atoms with Crippen LogP contribution in [0, 0.1) is 6.92 Å². The number of fused-ring (bicyclic) bond motifs is 1. The second-order valence-corrected chi connectivity index (χ2v) is 7.36. The molecule has 4 rings (SSSR count). The smallest absolute Gasteiger partial charge is 0.295 e. The van der Waals surface area contributed by atoms with E-state index in [1.165, 1.54) is 16.9 Å². The highest BCUT2D eigenvalue weighted by molar-refractivity contribution is 7.14. The van der Waals surface area contributed by atoms with Gasteiger partial charge in [0.05, 0.1) is 5.69 Å². The quantitative estimate of drug-likeness (QED) is 0.581. The molecule has 1 N–H and O–H groups in total. The Balaban J connectivity index is 1.53. The number of nitrogens with zero attached hydrogens (tertiary/aromatic N) is 5. The predicted molar refractivity (Wildman–Crippen MR) is 105 cm³/mol. The Morgan fingerprint density at radius 3 is 2.63 bits per heavy atom. The second-order valence-electron chi connectivity index (χ2n) is 6.50. The lowest BCUT2D eigenvalue weighted by atomic mass is 10.0. The Hall–Kier alpha value is -3.13. The van der Waals surface area contributed by atoms with Crippen molar-refractivity contribution < 1.29 is 4.79 Å². The summed E-state index contributed by atoms with van der Waals surface area (Å²) in [5.74, 6) is 0.538. The first-order valence-electron chi connectivity index (χ1n) is 8.57. The van der Waals surface area contributed by atoms with Gasteiger partial charge < -0.3 is 0 Å². The number of carbonyl (C=O) groups excluding carboxylic acids is 1. The zero-order chi connectivity index (χ0) is 19.0. The molecule has 1 aromatic carbocycles. The molecule has 3 aromatic heterocycles. The van der Waals surface area contributed by atoms with Crippen LogP contribution in [0.2, 0.25) is 0 Å². The Bertz CT molecular complexity index is 1110. The summed E-state index contributed by atoms with van der Waals surface area (Å²) < 4.78 is 1.54. The molecule has 0 bridgehead atoms. The molecule has 0 aliphatic rings. The molecule has 4 aromatic rings. The van der Waals surface area contributed by atoms with Crippen LogP contribution >= 0.6 is 11.3 Å². The topological polar surface area (TPSA) is 85.1 Å². The highest BCUT2D eigenvalue weighted by atomic mass is 32.1. The van der Waals surface area contributed by atoms with E-state index in [0.717, 1.165) is 17.0 Å². The normalized spacial score (nSPS) is 11.3. The number of hydrogen-bond donors (Lipinski definition) is 1. The molecule has 27 heavy (non-hydrogen) atoms. The van der Waals surface area contributed by atoms with E-state index in [-0.39, 0.29) is 5.82 Å². The molecule has 1 amide bonds. The Morgan fingerprint density at radius 2 is 1.93 bits per heavy atom. The molecule has 136 valence electrons. The van der Waals surface area contributed by atoms with Gasteiger partial charge in [0, 0.05) is 22.8 Å². The third-order valence-electron chi connectivity index (χ3n) is 4.23. The highest BCUT2D eigenvalue weighted by Crippen LogP contribution is 2.26. The number of benzene rings is 1. The number of thiazole rings is 1. The number of aryl methyl sites for hydroxylation is 1. The molecule has 0 atom stereocenters. The van der Waals surface area contributed by atoms with Crippen molar-refractivity contribution in [2.45, 2.75) is 26.7 Å². The number of aromatic nitrogens is 5. The summed E-state index contributed by atoms with van der Waals surface area (Å²) in [5.41, 5.74) is 3.98. The van der Waals surface area contributed by atoms with Gasteiger partial charge in [0.2, 0.25) is 5.82 Å². The molecule has 3 heterocycles. The summed E-state index contributed by atoms with van der Waals surface area (Å²) in [6.45, 7) is 6.20. The lowest BCUT2D eigenvalue weighted by Crippen LogP contribution is -2.13. The summed E-state index contributed by atoms with van der Waals surface area (Å²) >= 11 is 1.37. The molecular formula is C19H18N6OS. The van der Waals surface area contributed by atoms with E-state index in [1.54, 1.807) is 16.8 Å². The minimum absolute atomic E-state index is 0.0647. The number of rotatable bonds is 4. The fourth-order valence-corrected chi connectivity index (χ4v) is 3.37. The maximum atomic E-state index is 12.4. The second kappa shape index (κ2) is 6.88. The van der Waals surface area contributed by atoms with Gasteiger partial charge in [-0.15, -0.1) is 16.4 Å². The van der Waals surface area contributed by atoms with Gasteiger partial charge in [0.25, 0.3) is 11.7 Å². The van der Waals surface area contributed by atoms with Gasteiger partial charge in [-0.2, -0.15) is 4.98 Å². The molecule has 8 heteroatoms. The fraction of sp³-hybridized carbons (Fsp3) is 0.211.